The first-order valence-corrected chi connectivity index (χ1v) is 15.6. The van der Waals surface area contributed by atoms with Gasteiger partial charge in [-0.15, -0.1) is 5.10 Å². The maximum atomic E-state index is 14.7. The molecular formula is C26H27F2N7O4S2. The van der Waals surface area contributed by atoms with Crippen molar-refractivity contribution in [1.29, 1.82) is 0 Å². The van der Waals surface area contributed by atoms with E-state index in [4.69, 9.17) is 14.9 Å². The zero-order valence-electron chi connectivity index (χ0n) is 22.1. The van der Waals surface area contributed by atoms with Gasteiger partial charge in [0.2, 0.25) is 11.8 Å². The Morgan fingerprint density at radius 3 is 2.71 bits per heavy atom. The number of likely N-dealkylation sites (tertiary alicyclic amines) is 1. The lowest BCUT2D eigenvalue weighted by Crippen LogP contribution is -2.36. The van der Waals surface area contributed by atoms with E-state index in [0.29, 0.717) is 72.2 Å². The number of benzene rings is 1. The summed E-state index contributed by atoms with van der Waals surface area (Å²) in [6.45, 7) is 2.44. The molecule has 0 saturated carbocycles. The maximum absolute atomic E-state index is 14.7. The lowest BCUT2D eigenvalue weighted by atomic mass is 9.89. The number of thiazole rings is 1. The van der Waals surface area contributed by atoms with Crippen LogP contribution in [-0.4, -0.2) is 71.5 Å². The third-order valence-corrected chi connectivity index (χ3v) is 8.91. The molecule has 1 aromatic carbocycles. The van der Waals surface area contributed by atoms with E-state index in [0.717, 1.165) is 17.4 Å². The molecule has 2 N–H and O–H groups in total. The van der Waals surface area contributed by atoms with Crippen LogP contribution in [-0.2, 0) is 17.3 Å². The highest BCUT2D eigenvalue weighted by molar-refractivity contribution is 7.84. The third-order valence-electron chi connectivity index (χ3n) is 7.20. The predicted molar refractivity (Wildman–Crippen MR) is 152 cm³/mol. The summed E-state index contributed by atoms with van der Waals surface area (Å²) >= 11 is 1.04. The molecule has 4 aromatic heterocycles. The van der Waals surface area contributed by atoms with Crippen LogP contribution in [0.15, 0.2) is 39.7 Å². The van der Waals surface area contributed by atoms with Crippen LogP contribution < -0.4 is 15.3 Å². The van der Waals surface area contributed by atoms with E-state index in [2.05, 4.69) is 20.0 Å². The average Bonchev–Trinajstić information content (AvgIpc) is 3.68. The molecule has 5 aromatic rings. The topological polar surface area (TPSA) is 134 Å². The van der Waals surface area contributed by atoms with E-state index in [1.54, 1.807) is 23.0 Å². The number of anilines is 1. The molecule has 5 heterocycles. The Kier molecular flexibility index (Phi) is 7.57. The fourth-order valence-corrected chi connectivity index (χ4v) is 6.33. The molecule has 0 unspecified atom stereocenters. The van der Waals surface area contributed by atoms with E-state index in [9.17, 15) is 17.8 Å². The second-order valence-electron chi connectivity index (χ2n) is 9.84. The number of fused-ring (bicyclic) bond motifs is 3. The number of nitrogens with two attached hydrogens (primary N) is 1. The van der Waals surface area contributed by atoms with E-state index in [1.807, 2.05) is 0 Å². The van der Waals surface area contributed by atoms with Gasteiger partial charge < -0.3 is 19.8 Å². The Balaban J connectivity index is 1.14. The molecule has 1 atom stereocenters. The summed E-state index contributed by atoms with van der Waals surface area (Å²) in [5.74, 6) is -0.276. The van der Waals surface area contributed by atoms with Crippen molar-refractivity contribution < 1.29 is 22.1 Å². The van der Waals surface area contributed by atoms with Crippen LogP contribution in [0.25, 0.3) is 27.6 Å². The van der Waals surface area contributed by atoms with Crippen molar-refractivity contribution in [2.24, 2.45) is 0 Å². The zero-order valence-corrected chi connectivity index (χ0v) is 23.7. The van der Waals surface area contributed by atoms with Gasteiger partial charge in [-0.2, -0.15) is 9.50 Å². The molecule has 1 saturated heterocycles. The number of rotatable bonds is 9. The number of aromatic nitrogens is 5. The first kappa shape index (κ1) is 27.5. The Morgan fingerprint density at radius 2 is 1.98 bits per heavy atom. The Labute approximate surface area is 239 Å². The largest absolute Gasteiger partial charge is 0.490 e. The second-order valence-corrected chi connectivity index (χ2v) is 12.4. The molecule has 41 heavy (non-hydrogen) atoms. The summed E-state index contributed by atoms with van der Waals surface area (Å²) in [4.78, 5) is 24.0. The molecule has 1 fully saturated rings. The van der Waals surface area contributed by atoms with Crippen molar-refractivity contribution in [3.63, 3.8) is 0 Å². The third kappa shape index (κ3) is 5.48. The van der Waals surface area contributed by atoms with Crippen molar-refractivity contribution >= 4 is 44.1 Å². The minimum absolute atomic E-state index is 0.0252. The summed E-state index contributed by atoms with van der Waals surface area (Å²) in [7, 11) is -1.07. The number of nitrogens with zero attached hydrogens (tertiary/aromatic N) is 6. The van der Waals surface area contributed by atoms with Gasteiger partial charge in [0.05, 0.1) is 18.6 Å². The van der Waals surface area contributed by atoms with E-state index in [-0.39, 0.29) is 34.8 Å². The van der Waals surface area contributed by atoms with Gasteiger partial charge in [0, 0.05) is 36.2 Å². The number of hydrogen-bond acceptors (Lipinski definition) is 10. The number of piperidine rings is 1. The molecule has 0 aliphatic carbocycles. The zero-order chi connectivity index (χ0) is 28.7. The molecule has 15 heteroatoms. The molecular weight excluding hydrogens is 576 g/mol. The molecule has 0 amide bonds. The first-order chi connectivity index (χ1) is 19.8. The van der Waals surface area contributed by atoms with Crippen molar-refractivity contribution in [3.05, 3.63) is 57.4 Å². The average molecular weight is 604 g/mol. The molecule has 6 rings (SSSR count). The fraction of sp³-hybridized carbons (Fsp3) is 0.385. The minimum Gasteiger partial charge on any atom is -0.490 e. The van der Waals surface area contributed by atoms with Crippen LogP contribution in [0, 0.1) is 11.6 Å². The van der Waals surface area contributed by atoms with Crippen LogP contribution in [0.3, 0.4) is 0 Å². The summed E-state index contributed by atoms with van der Waals surface area (Å²) in [6, 6.07) is 5.76. The lowest BCUT2D eigenvalue weighted by molar-refractivity contribution is 0.203. The van der Waals surface area contributed by atoms with Gasteiger partial charge in [-0.1, -0.05) is 11.3 Å². The molecule has 0 radical (unpaired) electrons. The maximum Gasteiger partial charge on any atom is 0.309 e. The van der Waals surface area contributed by atoms with Crippen LogP contribution in [0.5, 0.6) is 5.75 Å². The lowest BCUT2D eigenvalue weighted by Gasteiger charge is -2.32. The quantitative estimate of drug-likeness (QED) is 0.269. The Morgan fingerprint density at radius 1 is 1.17 bits per heavy atom. The van der Waals surface area contributed by atoms with Crippen LogP contribution >= 0.6 is 11.3 Å². The summed E-state index contributed by atoms with van der Waals surface area (Å²) < 4.78 is 54.6. The normalized spacial score (nSPS) is 15.7. The SMILES string of the molecule is C[S@](=O)CCOc1cc(C2CCN(CCn3c(=O)sc4c3nc(N)n3nc(-c5ccco5)nc43)CC2)c(F)cc1F. The van der Waals surface area contributed by atoms with Crippen molar-refractivity contribution in [1.82, 2.24) is 29.0 Å². The predicted octanol–water partition coefficient (Wildman–Crippen LogP) is 3.26. The van der Waals surface area contributed by atoms with Gasteiger partial charge in [0.15, 0.2) is 28.6 Å². The smallest absolute Gasteiger partial charge is 0.309 e. The van der Waals surface area contributed by atoms with Gasteiger partial charge in [0.25, 0.3) is 0 Å². The van der Waals surface area contributed by atoms with E-state index >= 15 is 0 Å². The Bertz CT molecular complexity index is 1790. The monoisotopic (exact) mass is 603 g/mol. The molecule has 11 nitrogen and oxygen atoms in total. The number of furan rings is 1. The highest BCUT2D eigenvalue weighted by Crippen LogP contribution is 2.34. The molecule has 0 bridgehead atoms. The molecule has 1 aliphatic heterocycles. The summed E-state index contributed by atoms with van der Waals surface area (Å²) in [5, 5.41) is 4.38. The van der Waals surface area contributed by atoms with Crippen molar-refractivity contribution in [2.75, 3.05) is 44.0 Å². The molecule has 1 aliphatic rings. The van der Waals surface area contributed by atoms with Gasteiger partial charge in [-0.25, -0.2) is 13.8 Å². The van der Waals surface area contributed by atoms with E-state index < -0.39 is 22.4 Å². The number of halogens is 2. The van der Waals surface area contributed by atoms with Gasteiger partial charge >= 0.3 is 4.87 Å². The van der Waals surface area contributed by atoms with Gasteiger partial charge in [0.1, 0.15) is 10.5 Å². The first-order valence-electron chi connectivity index (χ1n) is 13.0. The summed E-state index contributed by atoms with van der Waals surface area (Å²) in [6.07, 6.45) is 4.40. The fourth-order valence-electron chi connectivity index (χ4n) is 5.08. The van der Waals surface area contributed by atoms with Gasteiger partial charge in [-0.05, 0) is 55.6 Å². The number of nitrogen functional groups attached to an aromatic ring is 1. The van der Waals surface area contributed by atoms with Crippen molar-refractivity contribution in [3.8, 4) is 17.3 Å². The van der Waals surface area contributed by atoms with Crippen LogP contribution in [0.2, 0.25) is 0 Å². The molecule has 0 spiro atoms. The molecule has 216 valence electrons. The minimum atomic E-state index is -1.07. The second kappa shape index (κ2) is 11.3. The van der Waals surface area contributed by atoms with Crippen LogP contribution in [0.4, 0.5) is 14.7 Å². The Hall–Kier alpha value is -3.69. The number of hydrogen-bond donors (Lipinski definition) is 1. The highest BCUT2D eigenvalue weighted by Gasteiger charge is 2.26. The van der Waals surface area contributed by atoms with Gasteiger partial charge in [-0.3, -0.25) is 13.6 Å². The van der Waals surface area contributed by atoms with E-state index in [1.165, 1.54) is 16.8 Å². The van der Waals surface area contributed by atoms with Crippen LogP contribution in [0.1, 0.15) is 24.3 Å². The number of ether oxygens (including phenoxy) is 1. The highest BCUT2D eigenvalue weighted by atomic mass is 32.2. The summed E-state index contributed by atoms with van der Waals surface area (Å²) in [5.41, 5.74) is 7.48. The standard InChI is InChI=1S/C26H27F2N7O4S2/c1-41(37)12-11-39-20-13-16(17(27)14-18(20)28)15-4-6-33(7-5-15)8-9-34-23-21(40-26(34)36)24-30-22(19-3-2-10-38-19)32-35(24)25(29)31-23/h2-3,10,13-15H,4-9,11-12H2,1H3,(H2,29,31)/t41-/m0/s1. The van der Waals surface area contributed by atoms with Crippen molar-refractivity contribution in [2.45, 2.75) is 25.3 Å².